The highest BCUT2D eigenvalue weighted by Gasteiger charge is 2.23. The number of aliphatic imine (C=N–C) groups is 1. The third kappa shape index (κ3) is 4.92. The van der Waals surface area contributed by atoms with Crippen molar-refractivity contribution in [3.8, 4) is 0 Å². The number of nitrogens with zero attached hydrogens (tertiary/aromatic N) is 1. The SMILES string of the molecule is CC1(C)CCSC(=NCCNC(N)=O)N1. The highest BCUT2D eigenvalue weighted by Crippen LogP contribution is 2.21. The standard InChI is InChI=1S/C9H18N4OS/c1-9(2)3-6-15-8(13-9)12-5-4-11-7(10)14/h3-6H2,1-2H3,(H,12,13)(H3,10,11,14). The van der Waals surface area contributed by atoms with Crippen LogP contribution in [0.3, 0.4) is 0 Å². The van der Waals surface area contributed by atoms with Gasteiger partial charge in [-0.15, -0.1) is 0 Å². The fourth-order valence-electron chi connectivity index (χ4n) is 1.21. The van der Waals surface area contributed by atoms with Crippen molar-refractivity contribution in [3.63, 3.8) is 0 Å². The molecule has 1 saturated heterocycles. The van der Waals surface area contributed by atoms with Gasteiger partial charge in [-0.25, -0.2) is 4.79 Å². The molecule has 2 amide bonds. The van der Waals surface area contributed by atoms with Crippen LogP contribution in [0.5, 0.6) is 0 Å². The molecule has 0 aromatic rings. The van der Waals surface area contributed by atoms with E-state index in [1.54, 1.807) is 11.8 Å². The number of carbonyl (C=O) groups excluding carboxylic acids is 1. The van der Waals surface area contributed by atoms with Gasteiger partial charge in [0.15, 0.2) is 5.17 Å². The summed E-state index contributed by atoms with van der Waals surface area (Å²) in [5, 5.41) is 6.81. The van der Waals surface area contributed by atoms with Gasteiger partial charge < -0.3 is 16.4 Å². The van der Waals surface area contributed by atoms with E-state index in [1.807, 2.05) is 0 Å². The Hall–Kier alpha value is -0.910. The van der Waals surface area contributed by atoms with Gasteiger partial charge in [-0.2, -0.15) is 0 Å². The van der Waals surface area contributed by atoms with Crippen LogP contribution >= 0.6 is 11.8 Å². The largest absolute Gasteiger partial charge is 0.360 e. The molecule has 1 aliphatic heterocycles. The second-order valence-electron chi connectivity index (χ2n) is 4.09. The Morgan fingerprint density at radius 3 is 3.07 bits per heavy atom. The first-order valence-electron chi connectivity index (χ1n) is 4.98. The quantitative estimate of drug-likeness (QED) is 0.618. The van der Waals surface area contributed by atoms with Gasteiger partial charge in [-0.3, -0.25) is 4.99 Å². The maximum absolute atomic E-state index is 10.4. The first-order valence-corrected chi connectivity index (χ1v) is 5.97. The van der Waals surface area contributed by atoms with Gasteiger partial charge >= 0.3 is 6.03 Å². The molecular formula is C9H18N4OS. The first-order chi connectivity index (χ1) is 6.99. The van der Waals surface area contributed by atoms with Crippen LogP contribution in [0.1, 0.15) is 20.3 Å². The second-order valence-corrected chi connectivity index (χ2v) is 5.17. The number of rotatable bonds is 3. The van der Waals surface area contributed by atoms with Gasteiger partial charge in [-0.1, -0.05) is 11.8 Å². The molecular weight excluding hydrogens is 212 g/mol. The van der Waals surface area contributed by atoms with E-state index in [4.69, 9.17) is 5.73 Å². The topological polar surface area (TPSA) is 79.5 Å². The predicted octanol–water partition coefficient (Wildman–Crippen LogP) is 0.516. The molecule has 1 heterocycles. The van der Waals surface area contributed by atoms with E-state index in [-0.39, 0.29) is 5.54 Å². The molecule has 0 unspecified atom stereocenters. The maximum Gasteiger partial charge on any atom is 0.312 e. The summed E-state index contributed by atoms with van der Waals surface area (Å²) in [5.41, 5.74) is 5.06. The number of hydrogen-bond donors (Lipinski definition) is 3. The molecule has 0 radical (unpaired) electrons. The van der Waals surface area contributed by atoms with Crippen molar-refractivity contribution in [1.82, 2.24) is 10.6 Å². The zero-order valence-corrected chi connectivity index (χ0v) is 9.99. The third-order valence-corrected chi connectivity index (χ3v) is 2.99. The lowest BCUT2D eigenvalue weighted by molar-refractivity contribution is 0.249. The van der Waals surface area contributed by atoms with Gasteiger partial charge in [0.2, 0.25) is 0 Å². The van der Waals surface area contributed by atoms with Gasteiger partial charge in [-0.05, 0) is 20.3 Å². The van der Waals surface area contributed by atoms with Crippen LogP contribution in [-0.4, -0.2) is 35.6 Å². The van der Waals surface area contributed by atoms with E-state index >= 15 is 0 Å². The van der Waals surface area contributed by atoms with Crippen LogP contribution in [0.25, 0.3) is 0 Å². The molecule has 5 nitrogen and oxygen atoms in total. The summed E-state index contributed by atoms with van der Waals surface area (Å²) >= 11 is 1.72. The van der Waals surface area contributed by atoms with Crippen molar-refractivity contribution in [2.75, 3.05) is 18.8 Å². The summed E-state index contributed by atoms with van der Waals surface area (Å²) in [7, 11) is 0. The molecule has 15 heavy (non-hydrogen) atoms. The number of carbonyl (C=O) groups is 1. The van der Waals surface area contributed by atoms with Crippen molar-refractivity contribution in [2.45, 2.75) is 25.8 Å². The molecule has 1 fully saturated rings. The van der Waals surface area contributed by atoms with E-state index in [2.05, 4.69) is 29.5 Å². The van der Waals surface area contributed by atoms with E-state index < -0.39 is 6.03 Å². The van der Waals surface area contributed by atoms with Crippen LogP contribution in [0, 0.1) is 0 Å². The number of nitrogens with two attached hydrogens (primary N) is 1. The molecule has 1 aliphatic rings. The van der Waals surface area contributed by atoms with Gasteiger partial charge in [0.25, 0.3) is 0 Å². The number of thioether (sulfide) groups is 1. The molecule has 0 bridgehead atoms. The van der Waals surface area contributed by atoms with Crippen molar-refractivity contribution in [1.29, 1.82) is 0 Å². The Balaban J connectivity index is 2.30. The predicted molar refractivity (Wildman–Crippen MR) is 64.2 cm³/mol. The smallest absolute Gasteiger partial charge is 0.312 e. The lowest BCUT2D eigenvalue weighted by Gasteiger charge is -2.32. The molecule has 0 aliphatic carbocycles. The van der Waals surface area contributed by atoms with Crippen molar-refractivity contribution < 1.29 is 4.79 Å². The zero-order valence-electron chi connectivity index (χ0n) is 9.17. The summed E-state index contributed by atoms with van der Waals surface area (Å²) < 4.78 is 0. The van der Waals surface area contributed by atoms with E-state index in [0.717, 1.165) is 17.3 Å². The molecule has 86 valence electrons. The summed E-state index contributed by atoms with van der Waals surface area (Å²) in [6.45, 7) is 5.36. The minimum absolute atomic E-state index is 0.126. The number of amides is 2. The van der Waals surface area contributed by atoms with E-state index in [1.165, 1.54) is 0 Å². The third-order valence-electron chi connectivity index (χ3n) is 2.08. The van der Waals surface area contributed by atoms with E-state index in [9.17, 15) is 4.79 Å². The Morgan fingerprint density at radius 2 is 2.47 bits per heavy atom. The molecule has 0 aromatic heterocycles. The molecule has 6 heteroatoms. The number of hydrogen-bond acceptors (Lipinski definition) is 3. The van der Waals surface area contributed by atoms with E-state index in [0.29, 0.717) is 13.1 Å². The second kappa shape index (κ2) is 5.25. The number of nitrogens with one attached hydrogen (secondary N) is 2. The molecule has 1 rings (SSSR count). The fraction of sp³-hybridized carbons (Fsp3) is 0.778. The van der Waals surface area contributed by atoms with Crippen molar-refractivity contribution >= 4 is 23.0 Å². The summed E-state index contributed by atoms with van der Waals surface area (Å²) in [4.78, 5) is 14.7. The number of primary amides is 1. The van der Waals surface area contributed by atoms with Crippen LogP contribution in [0.2, 0.25) is 0 Å². The molecule has 0 saturated carbocycles. The van der Waals surface area contributed by atoms with Crippen LogP contribution < -0.4 is 16.4 Å². The number of urea groups is 1. The Labute approximate surface area is 94.3 Å². The summed E-state index contributed by atoms with van der Waals surface area (Å²) in [6.07, 6.45) is 1.14. The highest BCUT2D eigenvalue weighted by molar-refractivity contribution is 8.13. The van der Waals surface area contributed by atoms with Crippen LogP contribution in [0.4, 0.5) is 4.79 Å². The monoisotopic (exact) mass is 230 g/mol. The summed E-state index contributed by atoms with van der Waals surface area (Å²) in [6, 6.07) is -0.500. The lowest BCUT2D eigenvalue weighted by Crippen LogP contribution is -2.46. The average molecular weight is 230 g/mol. The fourth-order valence-corrected chi connectivity index (χ4v) is 2.55. The molecule has 0 atom stereocenters. The summed E-state index contributed by atoms with van der Waals surface area (Å²) in [5.74, 6) is 1.09. The lowest BCUT2D eigenvalue weighted by atomic mass is 10.0. The van der Waals surface area contributed by atoms with Crippen LogP contribution in [0.15, 0.2) is 4.99 Å². The molecule has 0 aromatic carbocycles. The Morgan fingerprint density at radius 1 is 1.73 bits per heavy atom. The normalized spacial score (nSPS) is 22.1. The van der Waals surface area contributed by atoms with Gasteiger partial charge in [0.1, 0.15) is 0 Å². The van der Waals surface area contributed by atoms with Gasteiger partial charge in [0.05, 0.1) is 6.54 Å². The minimum atomic E-state index is -0.500. The highest BCUT2D eigenvalue weighted by atomic mass is 32.2. The number of amidine groups is 1. The average Bonchev–Trinajstić information content (AvgIpc) is 2.10. The Bertz CT molecular complexity index is 265. The zero-order chi connectivity index (χ0) is 11.3. The van der Waals surface area contributed by atoms with Crippen LogP contribution in [-0.2, 0) is 0 Å². The minimum Gasteiger partial charge on any atom is -0.360 e. The molecule has 4 N–H and O–H groups in total. The molecule has 0 spiro atoms. The Kier molecular flexibility index (Phi) is 4.26. The maximum atomic E-state index is 10.4. The van der Waals surface area contributed by atoms with Crippen molar-refractivity contribution in [2.24, 2.45) is 10.7 Å². The van der Waals surface area contributed by atoms with Gasteiger partial charge in [0, 0.05) is 17.8 Å². The van der Waals surface area contributed by atoms with Crippen molar-refractivity contribution in [3.05, 3.63) is 0 Å². The first kappa shape index (κ1) is 12.2.